The number of carbonyl (C=O) groups excluding carboxylic acids is 1. The van der Waals surface area contributed by atoms with Crippen LogP contribution in [0.5, 0.6) is 11.5 Å². The SMILES string of the molecule is CCc1ccc(OCc2c(OC(=O)OC)cccc2SC)c(CC)c1. The third-order valence-corrected chi connectivity index (χ3v) is 4.78. The summed E-state index contributed by atoms with van der Waals surface area (Å²) in [7, 11) is 1.29. The van der Waals surface area contributed by atoms with E-state index in [0.717, 1.165) is 29.1 Å². The normalized spacial score (nSPS) is 10.4. The van der Waals surface area contributed by atoms with Crippen molar-refractivity contribution in [3.05, 3.63) is 53.1 Å². The monoisotopic (exact) mass is 360 g/mol. The number of methoxy groups -OCH3 is 1. The number of benzene rings is 2. The van der Waals surface area contributed by atoms with E-state index in [2.05, 4.69) is 30.7 Å². The molecule has 2 aromatic carbocycles. The van der Waals surface area contributed by atoms with Crippen LogP contribution < -0.4 is 9.47 Å². The van der Waals surface area contributed by atoms with E-state index in [9.17, 15) is 4.79 Å². The van der Waals surface area contributed by atoms with Gasteiger partial charge in [-0.2, -0.15) is 0 Å². The number of carbonyl (C=O) groups is 1. The summed E-state index contributed by atoms with van der Waals surface area (Å²) < 4.78 is 15.9. The summed E-state index contributed by atoms with van der Waals surface area (Å²) in [5, 5.41) is 0. The summed E-state index contributed by atoms with van der Waals surface area (Å²) in [5.41, 5.74) is 3.31. The lowest BCUT2D eigenvalue weighted by Crippen LogP contribution is -2.10. The van der Waals surface area contributed by atoms with Gasteiger partial charge in [-0.25, -0.2) is 4.79 Å². The molecule has 0 aliphatic rings. The summed E-state index contributed by atoms with van der Waals surface area (Å²) in [6.07, 6.45) is 3.15. The van der Waals surface area contributed by atoms with Crippen LogP contribution in [-0.4, -0.2) is 19.5 Å². The standard InChI is InChI=1S/C20H24O4S/c1-5-14-10-11-17(15(6-2)12-14)23-13-16-18(24-20(21)22-3)8-7-9-19(16)25-4/h7-12H,5-6,13H2,1-4H3. The average molecular weight is 360 g/mol. The second kappa shape index (κ2) is 9.37. The molecule has 0 radical (unpaired) electrons. The Morgan fingerprint density at radius 3 is 2.52 bits per heavy atom. The van der Waals surface area contributed by atoms with Crippen LogP contribution in [0.25, 0.3) is 0 Å². The van der Waals surface area contributed by atoms with Crippen molar-refractivity contribution < 1.29 is 19.0 Å². The van der Waals surface area contributed by atoms with Crippen molar-refractivity contribution >= 4 is 17.9 Å². The molecule has 2 aromatic rings. The second-order valence-corrected chi connectivity index (χ2v) is 6.28. The Kier molecular flexibility index (Phi) is 7.19. The quantitative estimate of drug-likeness (QED) is 0.383. The number of thioether (sulfide) groups is 1. The van der Waals surface area contributed by atoms with Crippen LogP contribution in [-0.2, 0) is 24.2 Å². The molecule has 0 unspecified atom stereocenters. The van der Waals surface area contributed by atoms with Gasteiger partial charge in [0.15, 0.2) is 0 Å². The van der Waals surface area contributed by atoms with Gasteiger partial charge in [-0.05, 0) is 48.4 Å². The summed E-state index contributed by atoms with van der Waals surface area (Å²) in [6, 6.07) is 11.9. The van der Waals surface area contributed by atoms with Crippen molar-refractivity contribution in [1.29, 1.82) is 0 Å². The molecule has 25 heavy (non-hydrogen) atoms. The molecule has 0 saturated carbocycles. The highest BCUT2D eigenvalue weighted by Crippen LogP contribution is 2.31. The van der Waals surface area contributed by atoms with Crippen molar-refractivity contribution in [2.45, 2.75) is 38.2 Å². The first-order valence-corrected chi connectivity index (χ1v) is 9.51. The van der Waals surface area contributed by atoms with Crippen LogP contribution in [0.4, 0.5) is 4.79 Å². The third kappa shape index (κ3) is 4.92. The minimum absolute atomic E-state index is 0.321. The Balaban J connectivity index is 2.26. The van der Waals surface area contributed by atoms with E-state index in [4.69, 9.17) is 9.47 Å². The molecule has 0 aromatic heterocycles. The Morgan fingerprint density at radius 1 is 1.08 bits per heavy atom. The number of ether oxygens (including phenoxy) is 3. The predicted octanol–water partition coefficient (Wildman–Crippen LogP) is 5.26. The molecule has 0 spiro atoms. The molecule has 0 amide bonds. The van der Waals surface area contributed by atoms with Crippen LogP contribution in [0.2, 0.25) is 0 Å². The molecule has 5 heteroatoms. The second-order valence-electron chi connectivity index (χ2n) is 5.43. The molecule has 0 aliphatic carbocycles. The fourth-order valence-electron chi connectivity index (χ4n) is 2.53. The zero-order valence-corrected chi connectivity index (χ0v) is 15.9. The van der Waals surface area contributed by atoms with E-state index < -0.39 is 6.16 Å². The van der Waals surface area contributed by atoms with Crippen molar-refractivity contribution in [1.82, 2.24) is 0 Å². The molecular formula is C20H24O4S. The van der Waals surface area contributed by atoms with Gasteiger partial charge in [-0.1, -0.05) is 32.0 Å². The maximum atomic E-state index is 11.5. The number of aryl methyl sites for hydroxylation is 2. The summed E-state index contributed by atoms with van der Waals surface area (Å²) >= 11 is 1.58. The highest BCUT2D eigenvalue weighted by atomic mass is 32.2. The Labute approximate surface area is 153 Å². The highest BCUT2D eigenvalue weighted by Gasteiger charge is 2.14. The number of hydrogen-bond acceptors (Lipinski definition) is 5. The number of rotatable bonds is 7. The summed E-state index contributed by atoms with van der Waals surface area (Å²) in [5.74, 6) is 1.32. The summed E-state index contributed by atoms with van der Waals surface area (Å²) in [6.45, 7) is 4.57. The van der Waals surface area contributed by atoms with Crippen LogP contribution in [0.15, 0.2) is 41.3 Å². The van der Waals surface area contributed by atoms with E-state index in [0.29, 0.717) is 12.4 Å². The van der Waals surface area contributed by atoms with Crippen LogP contribution in [0, 0.1) is 0 Å². The zero-order valence-electron chi connectivity index (χ0n) is 15.1. The maximum absolute atomic E-state index is 11.5. The fraction of sp³-hybridized carbons (Fsp3) is 0.350. The smallest absolute Gasteiger partial charge is 0.488 e. The Bertz CT molecular complexity index is 728. The van der Waals surface area contributed by atoms with E-state index in [-0.39, 0.29) is 0 Å². The van der Waals surface area contributed by atoms with Gasteiger partial charge >= 0.3 is 6.16 Å². The van der Waals surface area contributed by atoms with Gasteiger partial charge in [0.1, 0.15) is 18.1 Å². The van der Waals surface area contributed by atoms with Crippen molar-refractivity contribution in [3.63, 3.8) is 0 Å². The zero-order chi connectivity index (χ0) is 18.2. The lowest BCUT2D eigenvalue weighted by atomic mass is 10.1. The first-order valence-electron chi connectivity index (χ1n) is 8.29. The molecule has 0 bridgehead atoms. The number of hydrogen-bond donors (Lipinski definition) is 0. The van der Waals surface area contributed by atoms with Gasteiger partial charge in [0.05, 0.1) is 7.11 Å². The van der Waals surface area contributed by atoms with Gasteiger partial charge in [0.25, 0.3) is 0 Å². The molecule has 0 atom stereocenters. The molecule has 0 N–H and O–H groups in total. The topological polar surface area (TPSA) is 44.8 Å². The first kappa shape index (κ1) is 19.2. The molecular weight excluding hydrogens is 336 g/mol. The fourth-order valence-corrected chi connectivity index (χ4v) is 3.15. The third-order valence-electron chi connectivity index (χ3n) is 3.96. The minimum Gasteiger partial charge on any atom is -0.488 e. The molecule has 0 aliphatic heterocycles. The van der Waals surface area contributed by atoms with Gasteiger partial charge in [0.2, 0.25) is 0 Å². The van der Waals surface area contributed by atoms with Gasteiger partial charge in [-0.15, -0.1) is 11.8 Å². The van der Waals surface area contributed by atoms with Crippen LogP contribution in [0.3, 0.4) is 0 Å². The van der Waals surface area contributed by atoms with E-state index in [1.54, 1.807) is 17.8 Å². The van der Waals surface area contributed by atoms with Crippen molar-refractivity contribution in [2.24, 2.45) is 0 Å². The highest BCUT2D eigenvalue weighted by molar-refractivity contribution is 7.98. The van der Waals surface area contributed by atoms with Crippen molar-refractivity contribution in [2.75, 3.05) is 13.4 Å². The van der Waals surface area contributed by atoms with E-state index in [1.807, 2.05) is 24.5 Å². The molecule has 134 valence electrons. The lowest BCUT2D eigenvalue weighted by molar-refractivity contribution is 0.120. The molecule has 4 nitrogen and oxygen atoms in total. The molecule has 0 saturated heterocycles. The van der Waals surface area contributed by atoms with Gasteiger partial charge < -0.3 is 14.2 Å². The Morgan fingerprint density at radius 2 is 1.88 bits per heavy atom. The first-order chi connectivity index (χ1) is 12.1. The van der Waals surface area contributed by atoms with Crippen molar-refractivity contribution in [3.8, 4) is 11.5 Å². The summed E-state index contributed by atoms with van der Waals surface area (Å²) in [4.78, 5) is 12.5. The predicted molar refractivity (Wildman–Crippen MR) is 101 cm³/mol. The molecule has 2 rings (SSSR count). The van der Waals surface area contributed by atoms with E-state index >= 15 is 0 Å². The lowest BCUT2D eigenvalue weighted by Gasteiger charge is -2.16. The molecule has 0 fully saturated rings. The average Bonchev–Trinajstić information content (AvgIpc) is 2.66. The van der Waals surface area contributed by atoms with Gasteiger partial charge in [-0.3, -0.25) is 0 Å². The van der Waals surface area contributed by atoms with Crippen LogP contribution >= 0.6 is 11.8 Å². The largest absolute Gasteiger partial charge is 0.513 e. The molecule has 0 heterocycles. The van der Waals surface area contributed by atoms with E-state index in [1.165, 1.54) is 18.2 Å². The Hall–Kier alpha value is -2.14. The van der Waals surface area contributed by atoms with Crippen LogP contribution in [0.1, 0.15) is 30.5 Å². The maximum Gasteiger partial charge on any atom is 0.513 e. The van der Waals surface area contributed by atoms with Gasteiger partial charge in [0, 0.05) is 10.5 Å². The minimum atomic E-state index is -0.735.